The van der Waals surface area contributed by atoms with Gasteiger partial charge in [-0.3, -0.25) is 4.79 Å². The lowest BCUT2D eigenvalue weighted by atomic mass is 9.59. The maximum Gasteiger partial charge on any atom is 0.159 e. The van der Waals surface area contributed by atoms with E-state index in [0.29, 0.717) is 23.0 Å². The molecule has 0 unspecified atom stereocenters. The summed E-state index contributed by atoms with van der Waals surface area (Å²) in [5, 5.41) is 0. The maximum absolute atomic E-state index is 12.3. The van der Waals surface area contributed by atoms with Crippen LogP contribution in [-0.4, -0.2) is 5.78 Å². The van der Waals surface area contributed by atoms with Crippen molar-refractivity contribution in [3.63, 3.8) is 0 Å². The number of hydrogen-bond acceptors (Lipinski definition) is 1. The maximum atomic E-state index is 12.3. The molecule has 0 aromatic carbocycles. The largest absolute Gasteiger partial charge is 0.295 e. The van der Waals surface area contributed by atoms with Crippen molar-refractivity contribution in [1.29, 1.82) is 0 Å². The third-order valence-electron chi connectivity index (χ3n) is 4.80. The summed E-state index contributed by atoms with van der Waals surface area (Å²) < 4.78 is 0. The van der Waals surface area contributed by atoms with E-state index in [4.69, 9.17) is 0 Å². The first-order valence-corrected chi connectivity index (χ1v) is 6.86. The quantitative estimate of drug-likeness (QED) is 0.639. The van der Waals surface area contributed by atoms with Crippen LogP contribution in [0.3, 0.4) is 0 Å². The molecular formula is C15H24O. The van der Waals surface area contributed by atoms with Crippen LogP contribution in [0.4, 0.5) is 0 Å². The van der Waals surface area contributed by atoms with Gasteiger partial charge in [-0.15, -0.1) is 0 Å². The van der Waals surface area contributed by atoms with E-state index in [2.05, 4.69) is 6.92 Å². The van der Waals surface area contributed by atoms with Gasteiger partial charge in [-0.2, -0.15) is 0 Å². The van der Waals surface area contributed by atoms with E-state index in [1.165, 1.54) is 44.9 Å². The molecule has 0 amide bonds. The van der Waals surface area contributed by atoms with E-state index in [9.17, 15) is 4.79 Å². The molecule has 90 valence electrons. The van der Waals surface area contributed by atoms with E-state index >= 15 is 0 Å². The first-order valence-electron chi connectivity index (χ1n) is 6.86. The van der Waals surface area contributed by atoms with Crippen LogP contribution >= 0.6 is 0 Å². The first kappa shape index (κ1) is 11.9. The van der Waals surface area contributed by atoms with Crippen molar-refractivity contribution in [1.82, 2.24) is 0 Å². The summed E-state index contributed by atoms with van der Waals surface area (Å²) in [7, 11) is 0. The van der Waals surface area contributed by atoms with Gasteiger partial charge in [0.15, 0.2) is 5.78 Å². The summed E-state index contributed by atoms with van der Waals surface area (Å²) in [6.07, 6.45) is 12.9. The topological polar surface area (TPSA) is 17.1 Å². The third-order valence-corrected chi connectivity index (χ3v) is 4.80. The van der Waals surface area contributed by atoms with Crippen LogP contribution in [0, 0.1) is 17.3 Å². The van der Waals surface area contributed by atoms with Crippen LogP contribution in [0.1, 0.15) is 58.8 Å². The lowest BCUT2D eigenvalue weighted by molar-refractivity contribution is -0.126. The molecule has 2 aliphatic carbocycles. The zero-order chi connectivity index (χ0) is 11.6. The van der Waals surface area contributed by atoms with Crippen LogP contribution in [0.15, 0.2) is 12.2 Å². The Morgan fingerprint density at radius 3 is 2.44 bits per heavy atom. The minimum atomic E-state index is 0.319. The van der Waals surface area contributed by atoms with E-state index < -0.39 is 0 Å². The molecule has 1 nitrogen and oxygen atoms in total. The van der Waals surface area contributed by atoms with Crippen LogP contribution in [0.25, 0.3) is 0 Å². The molecule has 16 heavy (non-hydrogen) atoms. The van der Waals surface area contributed by atoms with Gasteiger partial charge >= 0.3 is 0 Å². The number of carbonyl (C=O) groups is 1. The molecule has 0 aromatic heterocycles. The molecule has 1 heteroatoms. The van der Waals surface area contributed by atoms with E-state index in [0.717, 1.165) is 0 Å². The summed E-state index contributed by atoms with van der Waals surface area (Å²) in [4.78, 5) is 12.3. The monoisotopic (exact) mass is 220 g/mol. The molecule has 2 fully saturated rings. The summed E-state index contributed by atoms with van der Waals surface area (Å²) in [5.41, 5.74) is 0.383. The molecule has 2 saturated carbocycles. The zero-order valence-corrected chi connectivity index (χ0v) is 10.7. The van der Waals surface area contributed by atoms with Crippen molar-refractivity contribution >= 4 is 5.78 Å². The van der Waals surface area contributed by atoms with Crippen LogP contribution in [-0.2, 0) is 4.79 Å². The van der Waals surface area contributed by atoms with Crippen LogP contribution in [0.5, 0.6) is 0 Å². The normalized spacial score (nSPS) is 33.6. The van der Waals surface area contributed by atoms with Crippen molar-refractivity contribution in [2.24, 2.45) is 17.3 Å². The minimum absolute atomic E-state index is 0.319. The van der Waals surface area contributed by atoms with Gasteiger partial charge in [-0.05, 0) is 50.0 Å². The number of rotatable bonds is 2. The molecule has 0 saturated heterocycles. The Balaban J connectivity index is 2.24. The van der Waals surface area contributed by atoms with Crippen LogP contribution < -0.4 is 0 Å². The number of allylic oxidation sites excluding steroid dienone is 2. The van der Waals surface area contributed by atoms with Crippen molar-refractivity contribution in [2.75, 3.05) is 0 Å². The molecule has 2 rings (SSSR count). The van der Waals surface area contributed by atoms with E-state index in [1.54, 1.807) is 0 Å². The Kier molecular flexibility index (Phi) is 3.51. The average Bonchev–Trinajstić information content (AvgIpc) is 2.67. The third kappa shape index (κ3) is 1.97. The molecule has 0 aromatic rings. The molecule has 0 heterocycles. The highest BCUT2D eigenvalue weighted by molar-refractivity contribution is 5.92. The van der Waals surface area contributed by atoms with Gasteiger partial charge in [0.25, 0.3) is 0 Å². The SMILES string of the molecule is C/C=C/C(=O)[C@@H]1[C@H](C)CCCC12CCCC2. The lowest BCUT2D eigenvalue weighted by Crippen LogP contribution is -2.40. The smallest absolute Gasteiger partial charge is 0.159 e. The minimum Gasteiger partial charge on any atom is -0.295 e. The van der Waals surface area contributed by atoms with Gasteiger partial charge in [-0.1, -0.05) is 32.3 Å². The van der Waals surface area contributed by atoms with Crippen molar-refractivity contribution < 1.29 is 4.79 Å². The molecule has 2 aliphatic rings. The predicted octanol–water partition coefficient (Wildman–Crippen LogP) is 4.13. The van der Waals surface area contributed by atoms with Crippen molar-refractivity contribution in [3.05, 3.63) is 12.2 Å². The summed E-state index contributed by atoms with van der Waals surface area (Å²) in [6, 6.07) is 0. The summed E-state index contributed by atoms with van der Waals surface area (Å²) in [5.74, 6) is 1.31. The lowest BCUT2D eigenvalue weighted by Gasteiger charge is -2.44. The fourth-order valence-corrected chi connectivity index (χ4v) is 4.19. The fourth-order valence-electron chi connectivity index (χ4n) is 4.19. The Morgan fingerprint density at radius 1 is 1.19 bits per heavy atom. The summed E-state index contributed by atoms with van der Waals surface area (Å²) >= 11 is 0. The standard InChI is InChI=1S/C15H24O/c1-3-7-13(16)14-12(2)8-6-11-15(14)9-4-5-10-15/h3,7,12,14H,4-6,8-11H2,1-2H3/b7-3+/t12-,14+/m1/s1. The Hall–Kier alpha value is -0.590. The molecule has 0 N–H and O–H groups in total. The molecule has 1 spiro atoms. The Bertz CT molecular complexity index is 284. The van der Waals surface area contributed by atoms with Gasteiger partial charge in [0, 0.05) is 5.92 Å². The molecule has 0 radical (unpaired) electrons. The van der Waals surface area contributed by atoms with Crippen molar-refractivity contribution in [2.45, 2.75) is 58.8 Å². The van der Waals surface area contributed by atoms with Crippen LogP contribution in [0.2, 0.25) is 0 Å². The first-order chi connectivity index (χ1) is 7.69. The fraction of sp³-hybridized carbons (Fsp3) is 0.800. The van der Waals surface area contributed by atoms with Gasteiger partial charge in [0.05, 0.1) is 0 Å². The second-order valence-corrected chi connectivity index (χ2v) is 5.82. The number of hydrogen-bond donors (Lipinski definition) is 0. The van der Waals surface area contributed by atoms with E-state index in [1.807, 2.05) is 19.1 Å². The molecule has 0 aliphatic heterocycles. The summed E-state index contributed by atoms with van der Waals surface area (Å²) in [6.45, 7) is 4.23. The molecule has 2 atom stereocenters. The molecule has 0 bridgehead atoms. The highest BCUT2D eigenvalue weighted by Crippen LogP contribution is 2.54. The predicted molar refractivity (Wildman–Crippen MR) is 67.2 cm³/mol. The number of carbonyl (C=O) groups excluding carboxylic acids is 1. The van der Waals surface area contributed by atoms with Gasteiger partial charge < -0.3 is 0 Å². The van der Waals surface area contributed by atoms with E-state index in [-0.39, 0.29) is 0 Å². The zero-order valence-electron chi connectivity index (χ0n) is 10.7. The highest BCUT2D eigenvalue weighted by Gasteiger charge is 2.47. The Morgan fingerprint density at radius 2 is 1.81 bits per heavy atom. The average molecular weight is 220 g/mol. The molecular weight excluding hydrogens is 196 g/mol. The van der Waals surface area contributed by atoms with Crippen molar-refractivity contribution in [3.8, 4) is 0 Å². The van der Waals surface area contributed by atoms with Gasteiger partial charge in [0.2, 0.25) is 0 Å². The Labute approximate surface area is 99.3 Å². The second-order valence-electron chi connectivity index (χ2n) is 5.82. The highest BCUT2D eigenvalue weighted by atomic mass is 16.1. The number of ketones is 1. The second kappa shape index (κ2) is 4.73. The van der Waals surface area contributed by atoms with Gasteiger partial charge in [-0.25, -0.2) is 0 Å². The van der Waals surface area contributed by atoms with Gasteiger partial charge in [0.1, 0.15) is 0 Å².